The van der Waals surface area contributed by atoms with Crippen LogP contribution in [0.5, 0.6) is 0 Å². The fraction of sp³-hybridized carbons (Fsp3) is 0.318. The van der Waals surface area contributed by atoms with Gasteiger partial charge >= 0.3 is 5.97 Å². The summed E-state index contributed by atoms with van der Waals surface area (Å²) in [6.45, 7) is 1.34. The molecule has 1 N–H and O–H groups in total. The molecule has 3 aromatic rings. The van der Waals surface area contributed by atoms with Crippen LogP contribution in [-0.4, -0.2) is 40.0 Å². The highest BCUT2D eigenvalue weighted by Gasteiger charge is 2.26. The number of carboxylic acids is 1. The second-order valence-electron chi connectivity index (χ2n) is 7.24. The van der Waals surface area contributed by atoms with E-state index < -0.39 is 5.97 Å². The van der Waals surface area contributed by atoms with Crippen LogP contribution in [0.25, 0.3) is 21.5 Å². The van der Waals surface area contributed by atoms with Gasteiger partial charge in [-0.15, -0.1) is 11.3 Å². The lowest BCUT2D eigenvalue weighted by Crippen LogP contribution is -2.40. The third-order valence-corrected chi connectivity index (χ3v) is 6.19. The Morgan fingerprint density at radius 2 is 2.07 bits per heavy atom. The van der Waals surface area contributed by atoms with E-state index in [0.29, 0.717) is 25.1 Å². The maximum atomic E-state index is 13.4. The van der Waals surface area contributed by atoms with Crippen LogP contribution in [0.4, 0.5) is 0 Å². The highest BCUT2D eigenvalue weighted by atomic mass is 32.1. The van der Waals surface area contributed by atoms with Crippen LogP contribution in [0.3, 0.4) is 0 Å². The molecule has 0 bridgehead atoms. The smallest absolute Gasteiger partial charge is 0.303 e. The molecule has 6 heteroatoms. The number of amides is 1. The van der Waals surface area contributed by atoms with Gasteiger partial charge in [0.05, 0.1) is 21.7 Å². The third-order valence-electron chi connectivity index (χ3n) is 5.29. The number of carbonyl (C=O) groups is 2. The predicted molar refractivity (Wildman–Crippen MR) is 111 cm³/mol. The zero-order valence-corrected chi connectivity index (χ0v) is 16.3. The molecule has 4 rings (SSSR count). The summed E-state index contributed by atoms with van der Waals surface area (Å²) in [6.07, 6.45) is 2.68. The summed E-state index contributed by atoms with van der Waals surface area (Å²) < 4.78 is 0. The first-order chi connectivity index (χ1) is 13.6. The summed E-state index contributed by atoms with van der Waals surface area (Å²) in [6, 6.07) is 13.6. The van der Waals surface area contributed by atoms with E-state index in [9.17, 15) is 9.59 Å². The molecule has 1 amide bonds. The van der Waals surface area contributed by atoms with E-state index in [1.165, 1.54) is 0 Å². The molecular formula is C22H22N2O3S. The average molecular weight is 394 g/mol. The molecule has 0 saturated carbocycles. The van der Waals surface area contributed by atoms with Crippen LogP contribution in [0.1, 0.15) is 36.0 Å². The first-order valence-corrected chi connectivity index (χ1v) is 10.4. The van der Waals surface area contributed by atoms with Gasteiger partial charge in [-0.05, 0) is 48.8 Å². The lowest BCUT2D eigenvalue weighted by atomic mass is 9.92. The molecule has 0 spiro atoms. The van der Waals surface area contributed by atoms with Crippen molar-refractivity contribution in [3.8, 4) is 10.6 Å². The molecular weight excluding hydrogens is 372 g/mol. The minimum Gasteiger partial charge on any atom is -0.481 e. The number of likely N-dealkylation sites (tertiary alicyclic amines) is 1. The van der Waals surface area contributed by atoms with Crippen molar-refractivity contribution in [2.45, 2.75) is 25.7 Å². The number of carbonyl (C=O) groups excluding carboxylic acids is 1. The Labute approximate surface area is 167 Å². The summed E-state index contributed by atoms with van der Waals surface area (Å²) >= 11 is 1.61. The van der Waals surface area contributed by atoms with E-state index in [-0.39, 0.29) is 18.2 Å². The fourth-order valence-electron chi connectivity index (χ4n) is 3.89. The number of rotatable bonds is 5. The van der Waals surface area contributed by atoms with Crippen molar-refractivity contribution in [3.63, 3.8) is 0 Å². The topological polar surface area (TPSA) is 70.5 Å². The average Bonchev–Trinajstić information content (AvgIpc) is 3.26. The Balaban J connectivity index is 1.65. The molecule has 0 radical (unpaired) electrons. The zero-order valence-electron chi connectivity index (χ0n) is 15.5. The number of hydrogen-bond donors (Lipinski definition) is 1. The summed E-state index contributed by atoms with van der Waals surface area (Å²) in [5, 5.41) is 11.8. The normalized spacial score (nSPS) is 17.0. The van der Waals surface area contributed by atoms with Crippen LogP contribution in [-0.2, 0) is 4.79 Å². The zero-order chi connectivity index (χ0) is 19.5. The highest BCUT2D eigenvalue weighted by molar-refractivity contribution is 7.13. The second-order valence-corrected chi connectivity index (χ2v) is 8.19. The number of nitrogens with zero attached hydrogens (tertiary/aromatic N) is 2. The van der Waals surface area contributed by atoms with Gasteiger partial charge in [-0.25, -0.2) is 4.98 Å². The van der Waals surface area contributed by atoms with E-state index in [4.69, 9.17) is 10.1 Å². The Kier molecular flexibility index (Phi) is 5.39. The van der Waals surface area contributed by atoms with Gasteiger partial charge < -0.3 is 10.0 Å². The van der Waals surface area contributed by atoms with Crippen LogP contribution < -0.4 is 0 Å². The molecule has 28 heavy (non-hydrogen) atoms. The number of benzene rings is 1. The van der Waals surface area contributed by atoms with Crippen molar-refractivity contribution in [1.29, 1.82) is 0 Å². The molecule has 144 valence electrons. The first kappa shape index (κ1) is 18.6. The first-order valence-electron chi connectivity index (χ1n) is 9.56. The lowest BCUT2D eigenvalue weighted by Gasteiger charge is -2.33. The maximum Gasteiger partial charge on any atom is 0.303 e. The minimum atomic E-state index is -0.774. The molecule has 3 heterocycles. The molecule has 1 aliphatic rings. The summed E-state index contributed by atoms with van der Waals surface area (Å²) in [5.41, 5.74) is 2.31. The van der Waals surface area contributed by atoms with Crippen molar-refractivity contribution in [2.24, 2.45) is 5.92 Å². The van der Waals surface area contributed by atoms with Gasteiger partial charge in [-0.1, -0.05) is 24.3 Å². The third kappa shape index (κ3) is 3.92. The molecule has 1 atom stereocenters. The summed E-state index contributed by atoms with van der Waals surface area (Å²) in [5.74, 6) is -0.515. The SMILES string of the molecule is O=C(O)CCC1CCCN(C(=O)c2cc(-c3cccs3)nc3ccccc23)C1. The van der Waals surface area contributed by atoms with Gasteiger partial charge in [-0.2, -0.15) is 0 Å². The van der Waals surface area contributed by atoms with Crippen molar-refractivity contribution < 1.29 is 14.7 Å². The van der Waals surface area contributed by atoms with Gasteiger partial charge in [0.1, 0.15) is 0 Å². The fourth-order valence-corrected chi connectivity index (χ4v) is 4.57. The Bertz CT molecular complexity index is 1000. The number of para-hydroxylation sites is 1. The largest absolute Gasteiger partial charge is 0.481 e. The van der Waals surface area contributed by atoms with E-state index in [1.807, 2.05) is 52.7 Å². The van der Waals surface area contributed by atoms with Gasteiger partial charge in [0, 0.05) is 24.9 Å². The van der Waals surface area contributed by atoms with Gasteiger partial charge in [0.15, 0.2) is 0 Å². The number of aromatic nitrogens is 1. The van der Waals surface area contributed by atoms with Crippen LogP contribution >= 0.6 is 11.3 Å². The van der Waals surface area contributed by atoms with Crippen LogP contribution in [0, 0.1) is 5.92 Å². The lowest BCUT2D eigenvalue weighted by molar-refractivity contribution is -0.137. The van der Waals surface area contributed by atoms with Crippen molar-refractivity contribution in [1.82, 2.24) is 9.88 Å². The van der Waals surface area contributed by atoms with Crippen molar-refractivity contribution in [2.75, 3.05) is 13.1 Å². The molecule has 0 aliphatic carbocycles. The molecule has 1 saturated heterocycles. The van der Waals surface area contributed by atoms with E-state index in [2.05, 4.69) is 0 Å². The number of carboxylic acid groups (broad SMARTS) is 1. The molecule has 1 unspecified atom stereocenters. The minimum absolute atomic E-state index is 0.0106. The molecule has 1 aliphatic heterocycles. The Hall–Kier alpha value is -2.73. The Morgan fingerprint density at radius 1 is 1.21 bits per heavy atom. The molecule has 2 aromatic heterocycles. The number of fused-ring (bicyclic) bond motifs is 1. The molecule has 1 aromatic carbocycles. The maximum absolute atomic E-state index is 13.4. The predicted octanol–water partition coefficient (Wildman–Crippen LogP) is 4.68. The Morgan fingerprint density at radius 3 is 2.86 bits per heavy atom. The quantitative estimate of drug-likeness (QED) is 0.682. The number of hydrogen-bond acceptors (Lipinski definition) is 4. The number of aliphatic carboxylic acids is 1. The molecule has 5 nitrogen and oxygen atoms in total. The number of pyridine rings is 1. The van der Waals surface area contributed by atoms with E-state index >= 15 is 0 Å². The van der Waals surface area contributed by atoms with E-state index in [0.717, 1.165) is 34.3 Å². The van der Waals surface area contributed by atoms with Crippen molar-refractivity contribution in [3.05, 3.63) is 53.4 Å². The van der Waals surface area contributed by atoms with E-state index in [1.54, 1.807) is 11.3 Å². The van der Waals surface area contributed by atoms with Gasteiger partial charge in [0.25, 0.3) is 5.91 Å². The monoisotopic (exact) mass is 394 g/mol. The van der Waals surface area contributed by atoms with Crippen LogP contribution in [0.15, 0.2) is 47.8 Å². The summed E-state index contributed by atoms with van der Waals surface area (Å²) in [7, 11) is 0. The summed E-state index contributed by atoms with van der Waals surface area (Å²) in [4.78, 5) is 32.0. The van der Waals surface area contributed by atoms with Crippen LogP contribution in [0.2, 0.25) is 0 Å². The molecule has 1 fully saturated rings. The van der Waals surface area contributed by atoms with Gasteiger partial charge in [0.2, 0.25) is 0 Å². The van der Waals surface area contributed by atoms with Crippen molar-refractivity contribution >= 4 is 34.1 Å². The highest BCUT2D eigenvalue weighted by Crippen LogP contribution is 2.30. The number of thiophene rings is 1. The second kappa shape index (κ2) is 8.10. The number of piperidine rings is 1. The van der Waals surface area contributed by atoms with Gasteiger partial charge in [-0.3, -0.25) is 9.59 Å². The standard InChI is InChI=1S/C22H22N2O3S/c25-21(26)10-9-15-5-3-11-24(14-15)22(27)17-13-19(20-8-4-12-28-20)23-18-7-2-1-6-16(17)18/h1-2,4,6-8,12-13,15H,3,5,9-11,14H2,(H,25,26).